The van der Waals surface area contributed by atoms with Gasteiger partial charge in [-0.05, 0) is 30.4 Å². The fourth-order valence-electron chi connectivity index (χ4n) is 2.11. The van der Waals surface area contributed by atoms with Crippen LogP contribution in [0, 0.1) is 0 Å². The monoisotopic (exact) mass is 235 g/mol. The largest absolute Gasteiger partial charge is 0.380 e. The molecule has 2 unspecified atom stereocenters. The highest BCUT2D eigenvalue weighted by molar-refractivity contribution is 5.23. The standard InChI is InChI=1S/C15H25NO/c1-4-6-15(17-3)14(16)11-13-9-7-12(5-2)8-10-13/h7-10,14-15H,4-6,11,16H2,1-3H3. The van der Waals surface area contributed by atoms with Crippen molar-refractivity contribution < 1.29 is 4.74 Å². The molecule has 96 valence electrons. The smallest absolute Gasteiger partial charge is 0.0725 e. The molecule has 0 aliphatic heterocycles. The Hall–Kier alpha value is -0.860. The summed E-state index contributed by atoms with van der Waals surface area (Å²) in [7, 11) is 1.75. The molecule has 0 aliphatic rings. The molecule has 17 heavy (non-hydrogen) atoms. The van der Waals surface area contributed by atoms with Crippen molar-refractivity contribution in [1.29, 1.82) is 0 Å². The van der Waals surface area contributed by atoms with Crippen molar-refractivity contribution in [3.63, 3.8) is 0 Å². The van der Waals surface area contributed by atoms with Gasteiger partial charge in [-0.25, -0.2) is 0 Å². The van der Waals surface area contributed by atoms with E-state index in [1.54, 1.807) is 7.11 Å². The van der Waals surface area contributed by atoms with Gasteiger partial charge in [0.05, 0.1) is 6.10 Å². The van der Waals surface area contributed by atoms with Crippen molar-refractivity contribution in [3.05, 3.63) is 35.4 Å². The Balaban J connectivity index is 2.56. The van der Waals surface area contributed by atoms with Crippen LogP contribution in [0.2, 0.25) is 0 Å². The van der Waals surface area contributed by atoms with Crippen LogP contribution in [-0.2, 0) is 17.6 Å². The minimum Gasteiger partial charge on any atom is -0.380 e. The Labute approximate surface area is 105 Å². The zero-order valence-electron chi connectivity index (χ0n) is 11.3. The number of nitrogens with two attached hydrogens (primary N) is 1. The first-order chi connectivity index (χ1) is 8.21. The highest BCUT2D eigenvalue weighted by atomic mass is 16.5. The number of rotatable bonds is 7. The summed E-state index contributed by atoms with van der Waals surface area (Å²) in [4.78, 5) is 0. The van der Waals surface area contributed by atoms with E-state index in [2.05, 4.69) is 38.1 Å². The first-order valence-corrected chi connectivity index (χ1v) is 6.57. The summed E-state index contributed by atoms with van der Waals surface area (Å²) in [5, 5.41) is 0. The topological polar surface area (TPSA) is 35.2 Å². The highest BCUT2D eigenvalue weighted by Crippen LogP contribution is 2.12. The predicted octanol–water partition coefficient (Wildman–Crippen LogP) is 2.93. The van der Waals surface area contributed by atoms with Crippen molar-refractivity contribution in [2.24, 2.45) is 5.73 Å². The molecule has 1 rings (SSSR count). The Morgan fingerprint density at radius 1 is 1.12 bits per heavy atom. The van der Waals surface area contributed by atoms with E-state index in [9.17, 15) is 0 Å². The van der Waals surface area contributed by atoms with Gasteiger partial charge in [0.2, 0.25) is 0 Å². The first kappa shape index (κ1) is 14.2. The summed E-state index contributed by atoms with van der Waals surface area (Å²) in [5.74, 6) is 0. The number of hydrogen-bond donors (Lipinski definition) is 1. The lowest BCUT2D eigenvalue weighted by Crippen LogP contribution is -2.37. The van der Waals surface area contributed by atoms with Crippen LogP contribution in [-0.4, -0.2) is 19.3 Å². The van der Waals surface area contributed by atoms with Crippen molar-refractivity contribution in [2.45, 2.75) is 51.7 Å². The van der Waals surface area contributed by atoms with Gasteiger partial charge < -0.3 is 10.5 Å². The van der Waals surface area contributed by atoms with Crippen molar-refractivity contribution in [2.75, 3.05) is 7.11 Å². The molecular formula is C15H25NO. The molecule has 0 amide bonds. The van der Waals surface area contributed by atoms with Crippen molar-refractivity contribution >= 4 is 0 Å². The summed E-state index contributed by atoms with van der Waals surface area (Å²) in [6.07, 6.45) is 4.29. The van der Waals surface area contributed by atoms with E-state index in [0.29, 0.717) is 0 Å². The minimum absolute atomic E-state index is 0.0902. The average Bonchev–Trinajstić information content (AvgIpc) is 2.36. The zero-order valence-corrected chi connectivity index (χ0v) is 11.3. The zero-order chi connectivity index (χ0) is 12.7. The third kappa shape index (κ3) is 4.49. The van der Waals surface area contributed by atoms with Crippen LogP contribution in [0.4, 0.5) is 0 Å². The van der Waals surface area contributed by atoms with Gasteiger partial charge in [-0.3, -0.25) is 0 Å². The fraction of sp³-hybridized carbons (Fsp3) is 0.600. The molecule has 0 bridgehead atoms. The number of aryl methyl sites for hydroxylation is 1. The third-order valence-corrected chi connectivity index (χ3v) is 3.26. The third-order valence-electron chi connectivity index (χ3n) is 3.26. The second kappa shape index (κ2) is 7.46. The lowest BCUT2D eigenvalue weighted by molar-refractivity contribution is 0.0727. The SMILES string of the molecule is CCCC(OC)C(N)Cc1ccc(CC)cc1. The normalized spacial score (nSPS) is 14.6. The van der Waals surface area contributed by atoms with Crippen molar-refractivity contribution in [3.8, 4) is 0 Å². The highest BCUT2D eigenvalue weighted by Gasteiger charge is 2.16. The van der Waals surface area contributed by atoms with Gasteiger partial charge in [-0.1, -0.05) is 44.5 Å². The number of benzene rings is 1. The van der Waals surface area contributed by atoms with E-state index < -0.39 is 0 Å². The van der Waals surface area contributed by atoms with E-state index in [-0.39, 0.29) is 12.1 Å². The Morgan fingerprint density at radius 2 is 1.71 bits per heavy atom. The Bertz CT molecular complexity index is 307. The summed E-state index contributed by atoms with van der Waals surface area (Å²) in [5.41, 5.74) is 8.87. The van der Waals surface area contributed by atoms with Crippen LogP contribution in [0.15, 0.2) is 24.3 Å². The maximum atomic E-state index is 6.19. The number of ether oxygens (including phenoxy) is 1. The van der Waals surface area contributed by atoms with Crippen LogP contribution in [0.25, 0.3) is 0 Å². The van der Waals surface area contributed by atoms with Gasteiger partial charge in [0, 0.05) is 13.2 Å². The maximum absolute atomic E-state index is 6.19. The molecule has 0 radical (unpaired) electrons. The van der Waals surface area contributed by atoms with E-state index >= 15 is 0 Å². The van der Waals surface area contributed by atoms with E-state index in [1.807, 2.05) is 0 Å². The molecule has 1 aromatic rings. The summed E-state index contributed by atoms with van der Waals surface area (Å²) >= 11 is 0. The van der Waals surface area contributed by atoms with E-state index in [4.69, 9.17) is 10.5 Å². The van der Waals surface area contributed by atoms with Gasteiger partial charge >= 0.3 is 0 Å². The molecule has 0 spiro atoms. The molecule has 0 fully saturated rings. The Kier molecular flexibility index (Phi) is 6.23. The van der Waals surface area contributed by atoms with E-state index in [0.717, 1.165) is 25.7 Å². The van der Waals surface area contributed by atoms with Gasteiger partial charge in [0.1, 0.15) is 0 Å². The molecule has 1 aromatic carbocycles. The maximum Gasteiger partial charge on any atom is 0.0725 e. The fourth-order valence-corrected chi connectivity index (χ4v) is 2.11. The van der Waals surface area contributed by atoms with Crippen LogP contribution >= 0.6 is 0 Å². The van der Waals surface area contributed by atoms with Gasteiger partial charge in [0.25, 0.3) is 0 Å². The number of methoxy groups -OCH3 is 1. The molecule has 0 aliphatic carbocycles. The second-order valence-electron chi connectivity index (χ2n) is 4.60. The molecule has 0 saturated heterocycles. The lowest BCUT2D eigenvalue weighted by Gasteiger charge is -2.22. The predicted molar refractivity (Wildman–Crippen MR) is 73.2 cm³/mol. The molecule has 0 saturated carbocycles. The lowest BCUT2D eigenvalue weighted by atomic mass is 9.98. The molecule has 2 heteroatoms. The molecule has 2 nitrogen and oxygen atoms in total. The molecular weight excluding hydrogens is 210 g/mol. The van der Waals surface area contributed by atoms with Crippen LogP contribution in [0.1, 0.15) is 37.8 Å². The molecule has 2 N–H and O–H groups in total. The number of hydrogen-bond acceptors (Lipinski definition) is 2. The van der Waals surface area contributed by atoms with Crippen LogP contribution < -0.4 is 5.73 Å². The van der Waals surface area contributed by atoms with Gasteiger partial charge in [0.15, 0.2) is 0 Å². The van der Waals surface area contributed by atoms with Crippen LogP contribution in [0.5, 0.6) is 0 Å². The van der Waals surface area contributed by atoms with Crippen molar-refractivity contribution in [1.82, 2.24) is 0 Å². The second-order valence-corrected chi connectivity index (χ2v) is 4.60. The quantitative estimate of drug-likeness (QED) is 0.788. The molecule has 0 aromatic heterocycles. The first-order valence-electron chi connectivity index (χ1n) is 6.57. The minimum atomic E-state index is 0.0902. The van der Waals surface area contributed by atoms with Gasteiger partial charge in [-0.2, -0.15) is 0 Å². The molecule has 2 atom stereocenters. The molecule has 0 heterocycles. The average molecular weight is 235 g/mol. The van der Waals surface area contributed by atoms with E-state index in [1.165, 1.54) is 11.1 Å². The van der Waals surface area contributed by atoms with Gasteiger partial charge in [-0.15, -0.1) is 0 Å². The summed E-state index contributed by atoms with van der Waals surface area (Å²) in [6, 6.07) is 8.81. The Morgan fingerprint density at radius 3 is 2.18 bits per heavy atom. The summed E-state index contributed by atoms with van der Waals surface area (Å²) in [6.45, 7) is 4.33. The van der Waals surface area contributed by atoms with Crippen LogP contribution in [0.3, 0.4) is 0 Å². The summed E-state index contributed by atoms with van der Waals surface area (Å²) < 4.78 is 5.44.